The van der Waals surface area contributed by atoms with E-state index >= 15 is 0 Å². The Kier molecular flexibility index (Phi) is 4.82. The predicted molar refractivity (Wildman–Crippen MR) is 100 cm³/mol. The molecule has 0 spiro atoms. The Labute approximate surface area is 169 Å². The minimum atomic E-state index is -0.513. The van der Waals surface area contributed by atoms with Crippen LogP contribution in [0.5, 0.6) is 11.6 Å². The van der Waals surface area contributed by atoms with Crippen LogP contribution in [-0.4, -0.2) is 31.5 Å². The average Bonchev–Trinajstić information content (AvgIpc) is 3.19. The van der Waals surface area contributed by atoms with E-state index in [2.05, 4.69) is 10.2 Å². The van der Waals surface area contributed by atoms with Crippen LogP contribution in [0, 0.1) is 0 Å². The molecule has 0 unspecified atom stereocenters. The number of carbonyl (C=O) groups excluding carboxylic acids is 2. The molecule has 144 valence electrons. The normalized spacial score (nSPS) is 14.1. The molecule has 0 radical (unpaired) electrons. The number of rotatable bonds is 3. The standard InChI is InChI=1S/C18H14Cl2N4O4/c1-23-18-17(27-15(25)4-5-16(26)28-18)14(22-23)9-24-8-10(7-21-24)12-3-2-11(19)6-13(12)20/h2-3,6-8H,4-5,9H2,1H3. The van der Waals surface area contributed by atoms with Crippen LogP contribution in [0.2, 0.25) is 10.0 Å². The lowest BCUT2D eigenvalue weighted by Crippen LogP contribution is -2.19. The summed E-state index contributed by atoms with van der Waals surface area (Å²) >= 11 is 12.2. The highest BCUT2D eigenvalue weighted by molar-refractivity contribution is 6.36. The van der Waals surface area contributed by atoms with Crippen LogP contribution in [0.4, 0.5) is 0 Å². The molecule has 0 bridgehead atoms. The van der Waals surface area contributed by atoms with Gasteiger partial charge in [0.2, 0.25) is 5.75 Å². The van der Waals surface area contributed by atoms with E-state index in [-0.39, 0.29) is 31.0 Å². The van der Waals surface area contributed by atoms with E-state index in [1.54, 1.807) is 36.3 Å². The topological polar surface area (TPSA) is 88.2 Å². The van der Waals surface area contributed by atoms with E-state index in [1.807, 2.05) is 6.07 Å². The van der Waals surface area contributed by atoms with Gasteiger partial charge in [-0.3, -0.25) is 14.3 Å². The first-order chi connectivity index (χ1) is 13.4. The summed E-state index contributed by atoms with van der Waals surface area (Å²) in [4.78, 5) is 23.7. The number of aryl methyl sites for hydroxylation is 1. The van der Waals surface area contributed by atoms with Gasteiger partial charge in [0.1, 0.15) is 5.69 Å². The molecule has 0 fully saturated rings. The van der Waals surface area contributed by atoms with Crippen LogP contribution in [0.1, 0.15) is 18.5 Å². The van der Waals surface area contributed by atoms with Gasteiger partial charge in [0, 0.05) is 34.4 Å². The van der Waals surface area contributed by atoms with Crippen molar-refractivity contribution < 1.29 is 19.1 Å². The van der Waals surface area contributed by atoms with E-state index in [9.17, 15) is 9.59 Å². The van der Waals surface area contributed by atoms with Crippen molar-refractivity contribution in [2.24, 2.45) is 7.05 Å². The van der Waals surface area contributed by atoms with Gasteiger partial charge in [0.25, 0.3) is 5.88 Å². The minimum Gasteiger partial charge on any atom is -0.419 e. The van der Waals surface area contributed by atoms with Crippen molar-refractivity contribution in [2.45, 2.75) is 19.4 Å². The third kappa shape index (κ3) is 3.61. The smallest absolute Gasteiger partial charge is 0.313 e. The number of fused-ring (bicyclic) bond motifs is 1. The van der Waals surface area contributed by atoms with Gasteiger partial charge in [-0.1, -0.05) is 29.3 Å². The highest BCUT2D eigenvalue weighted by Gasteiger charge is 2.27. The van der Waals surface area contributed by atoms with Crippen molar-refractivity contribution in [1.82, 2.24) is 19.6 Å². The van der Waals surface area contributed by atoms with Gasteiger partial charge in [-0.15, -0.1) is 0 Å². The maximum Gasteiger partial charge on any atom is 0.313 e. The molecule has 4 rings (SSSR count). The van der Waals surface area contributed by atoms with E-state index in [0.717, 1.165) is 11.1 Å². The summed E-state index contributed by atoms with van der Waals surface area (Å²) in [5.41, 5.74) is 2.00. The zero-order valence-electron chi connectivity index (χ0n) is 14.7. The summed E-state index contributed by atoms with van der Waals surface area (Å²) in [6.45, 7) is 0.208. The minimum absolute atomic E-state index is 0.0385. The van der Waals surface area contributed by atoms with Crippen LogP contribution in [-0.2, 0) is 23.2 Å². The summed E-state index contributed by atoms with van der Waals surface area (Å²) in [5.74, 6) is -0.796. The molecule has 3 heterocycles. The first kappa shape index (κ1) is 18.5. The van der Waals surface area contributed by atoms with Gasteiger partial charge in [0.05, 0.1) is 25.6 Å². The molecule has 8 nitrogen and oxygen atoms in total. The van der Waals surface area contributed by atoms with Gasteiger partial charge in [-0.25, -0.2) is 4.68 Å². The lowest BCUT2D eigenvalue weighted by molar-refractivity contribution is -0.143. The molecule has 3 aromatic rings. The summed E-state index contributed by atoms with van der Waals surface area (Å²) in [6, 6.07) is 5.21. The molecule has 2 aromatic heterocycles. The molecule has 1 aromatic carbocycles. The number of hydrogen-bond donors (Lipinski definition) is 0. The second-order valence-electron chi connectivity index (χ2n) is 6.20. The summed E-state index contributed by atoms with van der Waals surface area (Å²) in [5, 5.41) is 9.68. The zero-order valence-corrected chi connectivity index (χ0v) is 16.2. The van der Waals surface area contributed by atoms with E-state index in [0.29, 0.717) is 15.7 Å². The number of aromatic nitrogens is 4. The van der Waals surface area contributed by atoms with Crippen molar-refractivity contribution in [1.29, 1.82) is 0 Å². The Morgan fingerprint density at radius 3 is 2.64 bits per heavy atom. The number of carbonyl (C=O) groups is 2. The van der Waals surface area contributed by atoms with Crippen LogP contribution >= 0.6 is 23.2 Å². The Hall–Kier alpha value is -2.84. The fraction of sp³-hybridized carbons (Fsp3) is 0.222. The van der Waals surface area contributed by atoms with Gasteiger partial charge in [-0.2, -0.15) is 10.2 Å². The van der Waals surface area contributed by atoms with Crippen LogP contribution < -0.4 is 9.47 Å². The number of hydrogen-bond acceptors (Lipinski definition) is 6. The van der Waals surface area contributed by atoms with Crippen LogP contribution in [0.3, 0.4) is 0 Å². The summed E-state index contributed by atoms with van der Waals surface area (Å²) in [6.07, 6.45) is 3.36. The molecule has 0 amide bonds. The second kappa shape index (κ2) is 7.29. The zero-order chi connectivity index (χ0) is 19.8. The number of benzene rings is 1. The van der Waals surface area contributed by atoms with Crippen LogP contribution in [0.15, 0.2) is 30.6 Å². The molecule has 0 saturated heterocycles. The number of halogens is 2. The first-order valence-corrected chi connectivity index (χ1v) is 9.11. The highest BCUT2D eigenvalue weighted by atomic mass is 35.5. The summed E-state index contributed by atoms with van der Waals surface area (Å²) in [7, 11) is 1.60. The first-order valence-electron chi connectivity index (χ1n) is 8.36. The molecule has 28 heavy (non-hydrogen) atoms. The lowest BCUT2D eigenvalue weighted by atomic mass is 10.1. The van der Waals surface area contributed by atoms with Gasteiger partial charge in [-0.05, 0) is 12.1 Å². The Balaban J connectivity index is 1.65. The Morgan fingerprint density at radius 1 is 1.14 bits per heavy atom. The third-order valence-corrected chi connectivity index (χ3v) is 4.72. The molecule has 10 heteroatoms. The molecule has 1 aliphatic heterocycles. The fourth-order valence-corrected chi connectivity index (χ4v) is 3.37. The highest BCUT2D eigenvalue weighted by Crippen LogP contribution is 2.34. The van der Waals surface area contributed by atoms with E-state index in [1.165, 1.54) is 4.68 Å². The van der Waals surface area contributed by atoms with Crippen molar-refractivity contribution >= 4 is 35.1 Å². The molecular weight excluding hydrogens is 407 g/mol. The maximum absolute atomic E-state index is 11.9. The van der Waals surface area contributed by atoms with Crippen molar-refractivity contribution in [3.05, 3.63) is 46.3 Å². The Bertz CT molecular complexity index is 1090. The molecule has 0 aliphatic carbocycles. The van der Waals surface area contributed by atoms with E-state index in [4.69, 9.17) is 32.7 Å². The van der Waals surface area contributed by atoms with Crippen LogP contribution in [0.25, 0.3) is 11.1 Å². The molecule has 0 atom stereocenters. The quantitative estimate of drug-likeness (QED) is 0.604. The number of esters is 2. The van der Waals surface area contributed by atoms with Crippen molar-refractivity contribution in [3.63, 3.8) is 0 Å². The fourth-order valence-electron chi connectivity index (χ4n) is 2.85. The van der Waals surface area contributed by atoms with Crippen molar-refractivity contribution in [2.75, 3.05) is 0 Å². The monoisotopic (exact) mass is 420 g/mol. The Morgan fingerprint density at radius 2 is 1.89 bits per heavy atom. The molecular formula is C18H14Cl2N4O4. The van der Waals surface area contributed by atoms with Gasteiger partial charge >= 0.3 is 11.9 Å². The molecule has 0 N–H and O–H groups in total. The number of nitrogens with zero attached hydrogens (tertiary/aromatic N) is 4. The maximum atomic E-state index is 11.9. The van der Waals surface area contributed by atoms with Crippen molar-refractivity contribution in [3.8, 4) is 22.8 Å². The average molecular weight is 421 g/mol. The number of ether oxygens (including phenoxy) is 2. The lowest BCUT2D eigenvalue weighted by Gasteiger charge is -2.11. The summed E-state index contributed by atoms with van der Waals surface area (Å²) < 4.78 is 13.6. The SMILES string of the molecule is Cn1nc(Cn2cc(-c3ccc(Cl)cc3Cl)cn2)c2c1OC(=O)CCC(=O)O2. The van der Waals surface area contributed by atoms with E-state index < -0.39 is 11.9 Å². The predicted octanol–water partition coefficient (Wildman–Crippen LogP) is 3.24. The molecule has 1 aliphatic rings. The van der Waals surface area contributed by atoms with Gasteiger partial charge < -0.3 is 9.47 Å². The molecule has 0 saturated carbocycles. The van der Waals surface area contributed by atoms with Gasteiger partial charge in [0.15, 0.2) is 0 Å². The second-order valence-corrected chi connectivity index (χ2v) is 7.05. The largest absolute Gasteiger partial charge is 0.419 e. The third-order valence-electron chi connectivity index (χ3n) is 4.17.